The van der Waals surface area contributed by atoms with Crippen LogP contribution >= 0.6 is 0 Å². The molecule has 6 N–H and O–H groups in total. The second-order valence-corrected chi connectivity index (χ2v) is 5.73. The fraction of sp³-hybridized carbons (Fsp3) is 0.0833. The molecule has 0 radical (unpaired) electrons. The minimum absolute atomic E-state index is 0.0984. The van der Waals surface area contributed by atoms with Crippen LogP contribution in [0.2, 0.25) is 0 Å². The number of hydrogen-bond donors (Lipinski definition) is 3. The average Bonchev–Trinajstić information content (AvgIpc) is 2.52. The molecule has 0 bridgehead atoms. The SMILES string of the molecule is COc1ncc(-c2cccc(S(N)(=O)=O)c2C(N)=NN)cn1. The Morgan fingerprint density at radius 3 is 2.41 bits per heavy atom. The monoisotopic (exact) mass is 322 g/mol. The standard InChI is InChI=1S/C12H14N6O3S/c1-21-12-16-5-7(6-17-12)8-3-2-4-9(22(15,19)20)10(8)11(13)18-14/h2-6H,14H2,1H3,(H2,13,18)(H2,15,19,20). The first-order valence-corrected chi connectivity index (χ1v) is 7.49. The number of rotatable bonds is 4. The number of ether oxygens (including phenoxy) is 1. The first-order valence-electron chi connectivity index (χ1n) is 5.94. The maximum absolute atomic E-state index is 11.7. The number of primary sulfonamides is 1. The van der Waals surface area contributed by atoms with Crippen LogP contribution in [0, 0.1) is 0 Å². The molecule has 0 aliphatic heterocycles. The third-order valence-corrected chi connectivity index (χ3v) is 3.80. The number of amidine groups is 1. The van der Waals surface area contributed by atoms with Crippen molar-refractivity contribution in [2.24, 2.45) is 21.8 Å². The lowest BCUT2D eigenvalue weighted by Crippen LogP contribution is -2.23. The van der Waals surface area contributed by atoms with E-state index in [9.17, 15) is 8.42 Å². The molecule has 0 aliphatic carbocycles. The minimum atomic E-state index is -4.01. The first kappa shape index (κ1) is 15.7. The van der Waals surface area contributed by atoms with Crippen molar-refractivity contribution < 1.29 is 13.2 Å². The summed E-state index contributed by atoms with van der Waals surface area (Å²) in [6.07, 6.45) is 2.92. The van der Waals surface area contributed by atoms with Gasteiger partial charge in [-0.05, 0) is 11.6 Å². The van der Waals surface area contributed by atoms with E-state index in [1.54, 1.807) is 6.07 Å². The van der Waals surface area contributed by atoms with Crippen molar-refractivity contribution in [2.75, 3.05) is 7.11 Å². The molecule has 0 amide bonds. The van der Waals surface area contributed by atoms with E-state index in [1.807, 2.05) is 0 Å². The molecule has 0 saturated heterocycles. The van der Waals surface area contributed by atoms with E-state index in [1.165, 1.54) is 31.6 Å². The van der Waals surface area contributed by atoms with Gasteiger partial charge in [0.05, 0.1) is 12.0 Å². The fourth-order valence-electron chi connectivity index (χ4n) is 1.90. The topological polar surface area (TPSA) is 160 Å². The highest BCUT2D eigenvalue weighted by Crippen LogP contribution is 2.27. The highest BCUT2D eigenvalue weighted by atomic mass is 32.2. The van der Waals surface area contributed by atoms with Gasteiger partial charge in [0.2, 0.25) is 10.0 Å². The number of methoxy groups -OCH3 is 1. The summed E-state index contributed by atoms with van der Waals surface area (Å²) in [5, 5.41) is 8.57. The number of sulfonamides is 1. The van der Waals surface area contributed by atoms with E-state index in [4.69, 9.17) is 21.5 Å². The summed E-state index contributed by atoms with van der Waals surface area (Å²) < 4.78 is 28.3. The number of benzene rings is 1. The van der Waals surface area contributed by atoms with Crippen LogP contribution in [-0.2, 0) is 10.0 Å². The zero-order valence-electron chi connectivity index (χ0n) is 11.6. The molecule has 9 nitrogen and oxygen atoms in total. The van der Waals surface area contributed by atoms with Crippen LogP contribution in [0.1, 0.15) is 5.56 Å². The van der Waals surface area contributed by atoms with E-state index >= 15 is 0 Å². The predicted molar refractivity (Wildman–Crippen MR) is 80.3 cm³/mol. The largest absolute Gasteiger partial charge is 0.467 e. The van der Waals surface area contributed by atoms with Crippen LogP contribution in [-0.4, -0.2) is 31.3 Å². The molecular weight excluding hydrogens is 308 g/mol. The Labute approximate surface area is 126 Å². The van der Waals surface area contributed by atoms with Crippen LogP contribution in [0.15, 0.2) is 40.6 Å². The van der Waals surface area contributed by atoms with Crippen LogP contribution < -0.4 is 21.5 Å². The van der Waals surface area contributed by atoms with Gasteiger partial charge in [-0.3, -0.25) is 0 Å². The number of nitrogens with zero attached hydrogens (tertiary/aromatic N) is 3. The van der Waals surface area contributed by atoms with Crippen molar-refractivity contribution in [2.45, 2.75) is 4.90 Å². The smallest absolute Gasteiger partial charge is 0.316 e. The summed E-state index contributed by atoms with van der Waals surface area (Å²) >= 11 is 0. The maximum Gasteiger partial charge on any atom is 0.316 e. The minimum Gasteiger partial charge on any atom is -0.467 e. The van der Waals surface area contributed by atoms with Gasteiger partial charge in [-0.2, -0.15) is 5.10 Å². The van der Waals surface area contributed by atoms with Crippen LogP contribution in [0.4, 0.5) is 0 Å². The van der Waals surface area contributed by atoms with Gasteiger partial charge in [0.15, 0.2) is 5.84 Å². The lowest BCUT2D eigenvalue weighted by Gasteiger charge is -2.12. The van der Waals surface area contributed by atoms with Crippen molar-refractivity contribution in [1.29, 1.82) is 0 Å². The molecule has 0 fully saturated rings. The maximum atomic E-state index is 11.7. The molecule has 1 heterocycles. The van der Waals surface area contributed by atoms with Crippen LogP contribution in [0.5, 0.6) is 6.01 Å². The van der Waals surface area contributed by atoms with Gasteiger partial charge in [-0.15, -0.1) is 0 Å². The summed E-state index contributed by atoms with van der Waals surface area (Å²) in [6.45, 7) is 0. The van der Waals surface area contributed by atoms with E-state index < -0.39 is 10.0 Å². The van der Waals surface area contributed by atoms with Gasteiger partial charge >= 0.3 is 6.01 Å². The van der Waals surface area contributed by atoms with E-state index in [-0.39, 0.29) is 22.3 Å². The molecule has 22 heavy (non-hydrogen) atoms. The molecule has 10 heteroatoms. The molecule has 1 aromatic heterocycles. The van der Waals surface area contributed by atoms with E-state index in [2.05, 4.69) is 15.1 Å². The van der Waals surface area contributed by atoms with Crippen LogP contribution in [0.3, 0.4) is 0 Å². The Bertz CT molecular complexity index is 817. The number of aromatic nitrogens is 2. The average molecular weight is 322 g/mol. The Morgan fingerprint density at radius 1 is 1.27 bits per heavy atom. The Morgan fingerprint density at radius 2 is 1.91 bits per heavy atom. The van der Waals surface area contributed by atoms with Crippen molar-refractivity contribution in [3.8, 4) is 17.1 Å². The Balaban J connectivity index is 2.75. The second-order valence-electron chi connectivity index (χ2n) is 4.20. The molecule has 0 spiro atoms. The third kappa shape index (κ3) is 2.97. The van der Waals surface area contributed by atoms with Gasteiger partial charge in [0, 0.05) is 23.5 Å². The summed E-state index contributed by atoms with van der Waals surface area (Å²) in [4.78, 5) is 7.74. The molecule has 0 saturated carbocycles. The second kappa shape index (κ2) is 5.95. The van der Waals surface area contributed by atoms with Crippen molar-refractivity contribution in [3.05, 3.63) is 36.2 Å². The lowest BCUT2D eigenvalue weighted by molar-refractivity contribution is 0.380. The highest BCUT2D eigenvalue weighted by molar-refractivity contribution is 7.89. The molecular formula is C12H14N6O3S. The lowest BCUT2D eigenvalue weighted by atomic mass is 10.0. The number of nitrogens with two attached hydrogens (primary N) is 3. The zero-order valence-corrected chi connectivity index (χ0v) is 12.4. The van der Waals surface area contributed by atoms with Gasteiger partial charge in [0.1, 0.15) is 0 Å². The van der Waals surface area contributed by atoms with Crippen molar-refractivity contribution >= 4 is 15.9 Å². The third-order valence-electron chi connectivity index (χ3n) is 2.85. The first-order chi connectivity index (χ1) is 10.4. The normalized spacial score (nSPS) is 12.2. The molecule has 0 unspecified atom stereocenters. The molecule has 116 valence electrons. The molecule has 0 atom stereocenters. The highest BCUT2D eigenvalue weighted by Gasteiger charge is 2.21. The molecule has 1 aromatic carbocycles. The summed E-state index contributed by atoms with van der Waals surface area (Å²) in [5.41, 5.74) is 6.76. The zero-order chi connectivity index (χ0) is 16.3. The summed E-state index contributed by atoms with van der Waals surface area (Å²) in [5.74, 6) is 5.01. The van der Waals surface area contributed by atoms with Gasteiger partial charge in [-0.1, -0.05) is 12.1 Å². The fourth-order valence-corrected chi connectivity index (χ4v) is 2.67. The molecule has 0 aliphatic rings. The Hall–Kier alpha value is -2.72. The molecule has 2 rings (SSSR count). The van der Waals surface area contributed by atoms with E-state index in [0.29, 0.717) is 11.1 Å². The Kier molecular flexibility index (Phi) is 4.24. The summed E-state index contributed by atoms with van der Waals surface area (Å²) in [6, 6.07) is 4.64. The van der Waals surface area contributed by atoms with Crippen LogP contribution in [0.25, 0.3) is 11.1 Å². The van der Waals surface area contributed by atoms with E-state index in [0.717, 1.165) is 0 Å². The number of hydrazone groups is 1. The number of hydrogen-bond acceptors (Lipinski definition) is 7. The molecule has 2 aromatic rings. The van der Waals surface area contributed by atoms with Crippen molar-refractivity contribution in [3.63, 3.8) is 0 Å². The van der Waals surface area contributed by atoms with Gasteiger partial charge < -0.3 is 16.3 Å². The van der Waals surface area contributed by atoms with Crippen molar-refractivity contribution in [1.82, 2.24) is 9.97 Å². The van der Waals surface area contributed by atoms with Gasteiger partial charge in [0.25, 0.3) is 0 Å². The van der Waals surface area contributed by atoms with Gasteiger partial charge in [-0.25, -0.2) is 23.5 Å². The quantitative estimate of drug-likeness (QED) is 0.292. The predicted octanol–water partition coefficient (Wildman–Crippen LogP) is -0.621. The summed E-state index contributed by atoms with van der Waals surface area (Å²) in [7, 11) is -2.58.